The lowest BCUT2D eigenvalue weighted by molar-refractivity contribution is -0.650. The fourth-order valence-electron chi connectivity index (χ4n) is 0.813. The van der Waals surface area contributed by atoms with Crippen LogP contribution in [0.3, 0.4) is 0 Å². The number of rotatable bonds is 3. The molecule has 4 nitrogen and oxygen atoms in total. The van der Waals surface area contributed by atoms with E-state index >= 15 is 0 Å². The summed E-state index contributed by atoms with van der Waals surface area (Å²) in [6.07, 6.45) is -4.03. The third kappa shape index (κ3) is 9.30. The minimum Gasteiger partial charge on any atom is -0.741 e. The summed E-state index contributed by atoms with van der Waals surface area (Å²) in [7, 11) is -4.56. The normalized spacial score (nSPS) is 12.4. The van der Waals surface area contributed by atoms with Gasteiger partial charge in [0.1, 0.15) is 5.75 Å². The van der Waals surface area contributed by atoms with Gasteiger partial charge in [-0.25, -0.2) is 8.42 Å². The molecule has 1 aromatic rings. The zero-order chi connectivity index (χ0) is 17.6. The van der Waals surface area contributed by atoms with Crippen LogP contribution in [0.15, 0.2) is 24.3 Å². The molecule has 0 bridgehead atoms. The van der Waals surface area contributed by atoms with Crippen LogP contribution in [0, 0.1) is 3.57 Å². The smallest absolute Gasteiger partial charge is 0.485 e. The fourth-order valence-corrected chi connectivity index (χ4v) is 2.55. The molecule has 0 saturated carbocycles. The van der Waals surface area contributed by atoms with Crippen LogP contribution in [-0.4, -0.2) is 36.2 Å². The van der Waals surface area contributed by atoms with Gasteiger partial charge in [0, 0.05) is 0 Å². The van der Waals surface area contributed by atoms with Crippen LogP contribution >= 0.6 is 0 Å². The highest BCUT2D eigenvalue weighted by Crippen LogP contribution is 2.20. The van der Waals surface area contributed by atoms with Gasteiger partial charge < -0.3 is 9.29 Å². The molecule has 0 aliphatic heterocycles. The van der Waals surface area contributed by atoms with Gasteiger partial charge in [-0.05, 0) is 24.3 Å². The van der Waals surface area contributed by atoms with Gasteiger partial charge in [-0.15, -0.1) is 0 Å². The van der Waals surface area contributed by atoms with Crippen LogP contribution in [0.4, 0.5) is 26.3 Å². The van der Waals surface area contributed by atoms with Gasteiger partial charge in [-0.1, -0.05) is 0 Å². The topological polar surface area (TPSA) is 66.4 Å². The summed E-state index contributed by atoms with van der Waals surface area (Å²) in [5, 5.41) is 0. The Bertz CT molecular complexity index is 552. The lowest BCUT2D eigenvalue weighted by atomic mass is 10.3. The molecule has 12 heteroatoms. The van der Waals surface area contributed by atoms with Gasteiger partial charge >= 0.3 is 32.9 Å². The van der Waals surface area contributed by atoms with Gasteiger partial charge in [0.15, 0.2) is 13.7 Å². The van der Waals surface area contributed by atoms with Crippen LogP contribution in [0.25, 0.3) is 0 Å². The number of hydrogen-bond acceptors (Lipinski definition) is 4. The summed E-state index contributed by atoms with van der Waals surface area (Å²) in [6, 6.07) is 6.76. The number of methoxy groups -OCH3 is 1. The molecule has 0 amide bonds. The zero-order valence-corrected chi connectivity index (χ0v) is 13.7. The van der Waals surface area contributed by atoms with Gasteiger partial charge in [0.2, 0.25) is 4.43 Å². The van der Waals surface area contributed by atoms with Crippen LogP contribution in [-0.2, 0) is 10.1 Å². The Morgan fingerprint density at radius 2 is 1.50 bits per heavy atom. The predicted octanol–water partition coefficient (Wildman–Crippen LogP) is -0.433. The van der Waals surface area contributed by atoms with Gasteiger partial charge in [-0.2, -0.15) is 26.3 Å². The average molecular weight is 466 g/mol. The van der Waals surface area contributed by atoms with Crippen molar-refractivity contribution >= 4 is 10.1 Å². The SMILES string of the molecule is COc1ccc([I+]CC(F)(F)F)cc1.O=S(=O)([O-])C(F)(F)F. The Kier molecular flexibility index (Phi) is 7.91. The molecule has 22 heavy (non-hydrogen) atoms. The van der Waals surface area contributed by atoms with Crippen molar-refractivity contribution in [3.63, 3.8) is 0 Å². The molecule has 1 aromatic carbocycles. The lowest BCUT2D eigenvalue weighted by Crippen LogP contribution is -3.63. The molecule has 0 N–H and O–H groups in total. The summed E-state index contributed by atoms with van der Waals surface area (Å²) in [6.45, 7) is 0. The maximum Gasteiger partial charge on any atom is 0.485 e. The third-order valence-corrected chi connectivity index (χ3v) is 5.12. The number of benzene rings is 1. The van der Waals surface area contributed by atoms with Crippen molar-refractivity contribution in [1.29, 1.82) is 0 Å². The Morgan fingerprint density at radius 3 is 1.77 bits per heavy atom. The quantitative estimate of drug-likeness (QED) is 0.200. The van der Waals surface area contributed by atoms with Crippen molar-refractivity contribution in [2.75, 3.05) is 11.5 Å². The minimum atomic E-state index is -6.09. The number of hydrogen-bond donors (Lipinski definition) is 0. The van der Waals surface area contributed by atoms with E-state index in [1.165, 1.54) is 7.11 Å². The first-order chi connectivity index (χ1) is 9.76. The monoisotopic (exact) mass is 466 g/mol. The highest BCUT2D eigenvalue weighted by molar-refractivity contribution is 7.86. The van der Waals surface area contributed by atoms with Crippen molar-refractivity contribution in [1.82, 2.24) is 0 Å². The molecule has 0 heterocycles. The second-order valence-corrected chi connectivity index (χ2v) is 7.58. The molecule has 0 radical (unpaired) electrons. The first kappa shape index (κ1) is 21.2. The lowest BCUT2D eigenvalue weighted by Gasteiger charge is -2.08. The van der Waals surface area contributed by atoms with Crippen molar-refractivity contribution in [2.24, 2.45) is 0 Å². The molecule has 0 aliphatic rings. The molecule has 0 saturated heterocycles. The molecule has 1 rings (SSSR count). The van der Waals surface area contributed by atoms with E-state index in [1.807, 2.05) is 0 Å². The Labute approximate surface area is 132 Å². The van der Waals surface area contributed by atoms with Gasteiger partial charge in [-0.3, -0.25) is 0 Å². The maximum absolute atomic E-state index is 11.9. The molecule has 0 unspecified atom stereocenters. The fraction of sp³-hybridized carbons (Fsp3) is 0.400. The summed E-state index contributed by atoms with van der Waals surface area (Å²) >= 11 is -0.962. The Morgan fingerprint density at radius 1 is 1.09 bits per heavy atom. The first-order valence-corrected chi connectivity index (χ1v) is 9.09. The highest BCUT2D eigenvalue weighted by Gasteiger charge is 2.37. The second kappa shape index (κ2) is 8.19. The van der Waals surface area contributed by atoms with E-state index in [0.717, 1.165) is 3.57 Å². The van der Waals surface area contributed by atoms with E-state index in [2.05, 4.69) is 0 Å². The minimum absolute atomic E-state index is 0.668. The van der Waals surface area contributed by atoms with Gasteiger partial charge in [0.25, 0.3) is 0 Å². The largest absolute Gasteiger partial charge is 0.741 e. The second-order valence-electron chi connectivity index (χ2n) is 3.44. The van der Waals surface area contributed by atoms with Crippen LogP contribution in [0.1, 0.15) is 0 Å². The van der Waals surface area contributed by atoms with Crippen LogP contribution in [0.5, 0.6) is 5.75 Å². The van der Waals surface area contributed by atoms with E-state index in [0.29, 0.717) is 5.75 Å². The molecule has 0 spiro atoms. The Balaban J connectivity index is 0.000000472. The van der Waals surface area contributed by atoms with E-state index < -0.39 is 47.4 Å². The van der Waals surface area contributed by atoms with Crippen LogP contribution in [0.2, 0.25) is 0 Å². The molecular formula is C10H9F6IO4S. The maximum atomic E-state index is 11.9. The Hall–Kier alpha value is -0.760. The van der Waals surface area contributed by atoms with E-state index in [9.17, 15) is 26.3 Å². The average Bonchev–Trinajstić information content (AvgIpc) is 2.34. The zero-order valence-electron chi connectivity index (χ0n) is 10.7. The third-order valence-electron chi connectivity index (χ3n) is 1.71. The van der Waals surface area contributed by atoms with Crippen molar-refractivity contribution in [2.45, 2.75) is 11.7 Å². The first-order valence-electron chi connectivity index (χ1n) is 5.08. The standard InChI is InChI=1S/C9H9F3IO.CHF3O3S/c1-14-8-4-2-7(3-5-8)13-6-9(10,11)12;2-1(3,4)8(5,6)7/h2-5H,6H2,1H3;(H,5,6,7)/q+1;/p-1. The van der Waals surface area contributed by atoms with E-state index in [1.54, 1.807) is 24.3 Å². The van der Waals surface area contributed by atoms with Crippen LogP contribution < -0.4 is 25.9 Å². The summed E-state index contributed by atoms with van der Waals surface area (Å²) in [5.41, 5.74) is -5.65. The molecule has 0 aromatic heterocycles. The number of halogens is 7. The molecular weight excluding hydrogens is 457 g/mol. The summed E-state index contributed by atoms with van der Waals surface area (Å²) < 4.78 is 99.6. The molecule has 0 aliphatic carbocycles. The van der Waals surface area contributed by atoms with Gasteiger partial charge in [0.05, 0.1) is 7.11 Å². The predicted molar refractivity (Wildman–Crippen MR) is 58.4 cm³/mol. The molecule has 128 valence electrons. The number of alkyl halides is 7. The van der Waals surface area contributed by atoms with Crippen molar-refractivity contribution in [3.05, 3.63) is 27.8 Å². The molecule has 0 atom stereocenters. The van der Waals surface area contributed by atoms with E-state index in [-0.39, 0.29) is 0 Å². The van der Waals surface area contributed by atoms with Crippen molar-refractivity contribution in [3.8, 4) is 5.75 Å². The summed E-state index contributed by atoms with van der Waals surface area (Å²) in [4.78, 5) is 0. The highest BCUT2D eigenvalue weighted by atomic mass is 127. The van der Waals surface area contributed by atoms with E-state index in [4.69, 9.17) is 17.7 Å². The number of ether oxygens (including phenoxy) is 1. The molecule has 0 fully saturated rings. The summed E-state index contributed by atoms with van der Waals surface area (Å²) in [5.74, 6) is 0.671. The van der Waals surface area contributed by atoms with Crippen molar-refractivity contribution < 1.29 is 65.3 Å².